The zero-order chi connectivity index (χ0) is 10.6. The van der Waals surface area contributed by atoms with Crippen molar-refractivity contribution >= 4 is 33.3 Å². The summed E-state index contributed by atoms with van der Waals surface area (Å²) in [6.45, 7) is 0. The molecule has 76 valence electrons. The van der Waals surface area contributed by atoms with Crippen molar-refractivity contribution in [3.05, 3.63) is 30.1 Å². The molecule has 1 aromatic rings. The highest BCUT2D eigenvalue weighted by Crippen LogP contribution is 2.17. The van der Waals surface area contributed by atoms with Gasteiger partial charge in [0.05, 0.1) is 0 Å². The molecule has 0 spiro atoms. The summed E-state index contributed by atoms with van der Waals surface area (Å²) < 4.78 is 0. The molecular weight excluding hydrogens is 262 g/mol. The van der Waals surface area contributed by atoms with Gasteiger partial charge in [-0.2, -0.15) is 0 Å². The summed E-state index contributed by atoms with van der Waals surface area (Å²) in [5.41, 5.74) is 1.05. The van der Waals surface area contributed by atoms with Gasteiger partial charge in [0, 0.05) is 32.1 Å². The molecule has 1 atom stereocenters. The first-order valence-corrected chi connectivity index (χ1v) is 5.45. The van der Waals surface area contributed by atoms with Gasteiger partial charge >= 0.3 is 0 Å². The SMILES string of the molecule is CN(C)C(=S)NC(Br)c1cccnc1. The molecule has 0 aliphatic rings. The average molecular weight is 274 g/mol. The molecule has 1 heterocycles. The van der Waals surface area contributed by atoms with Crippen LogP contribution < -0.4 is 5.32 Å². The van der Waals surface area contributed by atoms with E-state index in [0.717, 1.165) is 5.56 Å². The molecule has 0 aliphatic carbocycles. The Kier molecular flexibility index (Phi) is 4.28. The van der Waals surface area contributed by atoms with Crippen molar-refractivity contribution in [2.75, 3.05) is 14.1 Å². The molecule has 0 saturated carbocycles. The highest BCUT2D eigenvalue weighted by Gasteiger charge is 2.08. The van der Waals surface area contributed by atoms with Gasteiger partial charge in [-0.3, -0.25) is 4.98 Å². The van der Waals surface area contributed by atoms with E-state index in [2.05, 4.69) is 26.2 Å². The van der Waals surface area contributed by atoms with Crippen LogP contribution in [0.2, 0.25) is 0 Å². The standard InChI is InChI=1S/C9H12BrN3S/c1-13(2)9(14)12-8(10)7-4-3-5-11-6-7/h3-6,8H,1-2H3,(H,12,14). The lowest BCUT2D eigenvalue weighted by Gasteiger charge is -2.19. The van der Waals surface area contributed by atoms with Crippen molar-refractivity contribution in [3.63, 3.8) is 0 Å². The Morgan fingerprint density at radius 2 is 2.36 bits per heavy atom. The first kappa shape index (κ1) is 11.4. The molecular formula is C9H12BrN3S. The Balaban J connectivity index is 2.59. The van der Waals surface area contributed by atoms with Crippen LogP contribution in [-0.2, 0) is 0 Å². The Labute approximate surface area is 97.6 Å². The zero-order valence-corrected chi connectivity index (χ0v) is 10.5. The third-order valence-corrected chi connectivity index (χ3v) is 2.87. The van der Waals surface area contributed by atoms with Gasteiger partial charge < -0.3 is 10.2 Å². The number of hydrogen-bond acceptors (Lipinski definition) is 2. The molecule has 5 heteroatoms. The quantitative estimate of drug-likeness (QED) is 0.506. The second-order valence-electron chi connectivity index (χ2n) is 2.99. The number of hydrogen-bond donors (Lipinski definition) is 1. The van der Waals surface area contributed by atoms with Crippen LogP contribution in [0.25, 0.3) is 0 Å². The predicted molar refractivity (Wildman–Crippen MR) is 65.3 cm³/mol. The fourth-order valence-electron chi connectivity index (χ4n) is 0.847. The summed E-state index contributed by atoms with van der Waals surface area (Å²) in [5, 5.41) is 3.82. The van der Waals surface area contributed by atoms with Crippen LogP contribution in [0.15, 0.2) is 24.5 Å². The number of thiocarbonyl (C=S) groups is 1. The van der Waals surface area contributed by atoms with Gasteiger partial charge in [-0.15, -0.1) is 0 Å². The predicted octanol–water partition coefficient (Wildman–Crippen LogP) is 1.91. The van der Waals surface area contributed by atoms with Gasteiger partial charge in [-0.25, -0.2) is 0 Å². The van der Waals surface area contributed by atoms with E-state index in [-0.39, 0.29) is 4.95 Å². The highest BCUT2D eigenvalue weighted by atomic mass is 79.9. The maximum Gasteiger partial charge on any atom is 0.169 e. The molecule has 1 aromatic heterocycles. The number of aromatic nitrogens is 1. The molecule has 0 radical (unpaired) electrons. The Hall–Kier alpha value is -0.680. The fraction of sp³-hybridized carbons (Fsp3) is 0.333. The minimum atomic E-state index is 0.00565. The topological polar surface area (TPSA) is 28.2 Å². The maximum absolute atomic E-state index is 5.12. The van der Waals surface area contributed by atoms with Crippen LogP contribution in [0.1, 0.15) is 10.5 Å². The summed E-state index contributed by atoms with van der Waals surface area (Å²) >= 11 is 8.61. The molecule has 0 aliphatic heterocycles. The molecule has 0 bridgehead atoms. The van der Waals surface area contributed by atoms with E-state index >= 15 is 0 Å². The molecule has 0 fully saturated rings. The van der Waals surface area contributed by atoms with E-state index in [1.165, 1.54) is 0 Å². The van der Waals surface area contributed by atoms with E-state index in [9.17, 15) is 0 Å². The Morgan fingerprint density at radius 1 is 1.64 bits per heavy atom. The van der Waals surface area contributed by atoms with E-state index in [4.69, 9.17) is 12.2 Å². The lowest BCUT2D eigenvalue weighted by molar-refractivity contribution is 0.599. The van der Waals surface area contributed by atoms with Crippen molar-refractivity contribution < 1.29 is 0 Å². The fourth-order valence-corrected chi connectivity index (χ4v) is 1.60. The van der Waals surface area contributed by atoms with E-state index in [1.807, 2.05) is 31.1 Å². The largest absolute Gasteiger partial charge is 0.355 e. The zero-order valence-electron chi connectivity index (χ0n) is 8.07. The molecule has 14 heavy (non-hydrogen) atoms. The first-order chi connectivity index (χ1) is 6.61. The number of nitrogens with zero attached hydrogens (tertiary/aromatic N) is 2. The molecule has 3 nitrogen and oxygen atoms in total. The average Bonchev–Trinajstić information content (AvgIpc) is 2.19. The van der Waals surface area contributed by atoms with Crippen LogP contribution >= 0.6 is 28.1 Å². The number of halogens is 1. The van der Waals surface area contributed by atoms with Crippen molar-refractivity contribution in [1.82, 2.24) is 15.2 Å². The van der Waals surface area contributed by atoms with Gasteiger partial charge in [0.2, 0.25) is 0 Å². The lowest BCUT2D eigenvalue weighted by atomic mass is 10.3. The van der Waals surface area contributed by atoms with Crippen molar-refractivity contribution in [1.29, 1.82) is 0 Å². The number of pyridine rings is 1. The third kappa shape index (κ3) is 3.23. The highest BCUT2D eigenvalue weighted by molar-refractivity contribution is 9.09. The van der Waals surface area contributed by atoms with Crippen LogP contribution in [0.4, 0.5) is 0 Å². The number of nitrogens with one attached hydrogen (secondary N) is 1. The van der Waals surface area contributed by atoms with Gasteiger partial charge in [-0.05, 0) is 18.3 Å². The second kappa shape index (κ2) is 5.26. The maximum atomic E-state index is 5.12. The van der Waals surface area contributed by atoms with Crippen LogP contribution in [-0.4, -0.2) is 29.1 Å². The number of rotatable bonds is 2. The molecule has 1 rings (SSSR count). The van der Waals surface area contributed by atoms with Crippen molar-refractivity contribution in [3.8, 4) is 0 Å². The molecule has 0 aromatic carbocycles. The lowest BCUT2D eigenvalue weighted by Crippen LogP contribution is -2.34. The van der Waals surface area contributed by atoms with Gasteiger partial charge in [0.15, 0.2) is 5.11 Å². The Morgan fingerprint density at radius 3 is 2.86 bits per heavy atom. The normalized spacial score (nSPS) is 11.9. The van der Waals surface area contributed by atoms with Gasteiger partial charge in [-0.1, -0.05) is 22.0 Å². The second-order valence-corrected chi connectivity index (χ2v) is 4.30. The van der Waals surface area contributed by atoms with Crippen molar-refractivity contribution in [2.45, 2.75) is 4.95 Å². The minimum Gasteiger partial charge on any atom is -0.355 e. The monoisotopic (exact) mass is 273 g/mol. The van der Waals surface area contributed by atoms with E-state index in [0.29, 0.717) is 5.11 Å². The summed E-state index contributed by atoms with van der Waals surface area (Å²) in [5.74, 6) is 0. The summed E-state index contributed by atoms with van der Waals surface area (Å²) in [7, 11) is 3.80. The Bertz CT molecular complexity index is 302. The minimum absolute atomic E-state index is 0.00565. The van der Waals surface area contributed by atoms with E-state index < -0.39 is 0 Å². The smallest absolute Gasteiger partial charge is 0.169 e. The molecule has 0 saturated heterocycles. The summed E-state index contributed by atoms with van der Waals surface area (Å²) in [6, 6.07) is 3.88. The summed E-state index contributed by atoms with van der Waals surface area (Å²) in [4.78, 5) is 5.88. The molecule has 0 amide bonds. The van der Waals surface area contributed by atoms with Crippen LogP contribution in [0, 0.1) is 0 Å². The number of alkyl halides is 1. The molecule has 1 unspecified atom stereocenters. The molecule has 1 N–H and O–H groups in total. The van der Waals surface area contributed by atoms with Crippen LogP contribution in [0.5, 0.6) is 0 Å². The van der Waals surface area contributed by atoms with E-state index in [1.54, 1.807) is 12.4 Å². The first-order valence-electron chi connectivity index (χ1n) is 4.13. The third-order valence-electron chi connectivity index (χ3n) is 1.63. The van der Waals surface area contributed by atoms with Gasteiger partial charge in [0.1, 0.15) is 4.95 Å². The van der Waals surface area contributed by atoms with Gasteiger partial charge in [0.25, 0.3) is 0 Å². The van der Waals surface area contributed by atoms with Crippen molar-refractivity contribution in [2.24, 2.45) is 0 Å². The summed E-state index contributed by atoms with van der Waals surface area (Å²) in [6.07, 6.45) is 3.54. The van der Waals surface area contributed by atoms with Crippen LogP contribution in [0.3, 0.4) is 0 Å².